The number of rotatable bonds is 2. The van der Waals surface area contributed by atoms with E-state index in [4.69, 9.17) is 0 Å². The summed E-state index contributed by atoms with van der Waals surface area (Å²) in [5.41, 5.74) is 3.59. The molecule has 3 aromatic rings. The lowest BCUT2D eigenvalue weighted by molar-refractivity contribution is -0.593. The van der Waals surface area contributed by atoms with Gasteiger partial charge in [0.15, 0.2) is 11.4 Å². The van der Waals surface area contributed by atoms with Gasteiger partial charge in [0.25, 0.3) is 0 Å². The predicted molar refractivity (Wildman–Crippen MR) is 75.2 cm³/mol. The Morgan fingerprint density at radius 2 is 1.37 bits per heavy atom. The van der Waals surface area contributed by atoms with Crippen LogP contribution in [0, 0.1) is 5.21 Å². The molecule has 3 heteroatoms. The molecule has 0 fully saturated rings. The summed E-state index contributed by atoms with van der Waals surface area (Å²) in [4.78, 5) is 0. The minimum Gasteiger partial charge on any atom is -0.710 e. The molecule has 2 aromatic carbocycles. The van der Waals surface area contributed by atoms with E-state index in [1.54, 1.807) is 6.33 Å². The number of hydrogen-bond donors (Lipinski definition) is 0. The quantitative estimate of drug-likeness (QED) is 0.508. The first kappa shape index (κ1) is 11.5. The van der Waals surface area contributed by atoms with Crippen molar-refractivity contribution in [3.8, 4) is 22.5 Å². The standard InChI is InChI=1S/C16H14N2O/c1-17-12-18(19)16(14-10-6-3-7-11-14)15(17)13-8-4-2-5-9-13/h2-12H,1H3. The highest BCUT2D eigenvalue weighted by Gasteiger charge is 2.20. The van der Waals surface area contributed by atoms with E-state index in [-0.39, 0.29) is 0 Å². The third-order valence-corrected chi connectivity index (χ3v) is 3.17. The van der Waals surface area contributed by atoms with Crippen LogP contribution >= 0.6 is 0 Å². The van der Waals surface area contributed by atoms with Crippen molar-refractivity contribution in [2.24, 2.45) is 7.05 Å². The van der Waals surface area contributed by atoms with Crippen LogP contribution in [0.15, 0.2) is 67.0 Å². The first-order chi connectivity index (χ1) is 9.27. The average molecular weight is 250 g/mol. The smallest absolute Gasteiger partial charge is 0.247 e. The topological polar surface area (TPSA) is 31.9 Å². The Balaban J connectivity index is 2.26. The Hall–Kier alpha value is -2.55. The summed E-state index contributed by atoms with van der Waals surface area (Å²) in [6.45, 7) is 0. The summed E-state index contributed by atoms with van der Waals surface area (Å²) in [6, 6.07) is 19.7. The van der Waals surface area contributed by atoms with Crippen LogP contribution in [0.5, 0.6) is 0 Å². The molecule has 0 radical (unpaired) electrons. The van der Waals surface area contributed by atoms with Crippen LogP contribution < -0.4 is 4.73 Å². The SMILES string of the molecule is Cn1c[n+]([O-])c(-c2ccccc2)c1-c1ccccc1. The summed E-state index contributed by atoms with van der Waals surface area (Å²) in [7, 11) is 1.89. The molecular weight excluding hydrogens is 236 g/mol. The molecule has 0 aliphatic rings. The van der Waals surface area contributed by atoms with Crippen molar-refractivity contribution in [1.29, 1.82) is 0 Å². The second-order valence-corrected chi connectivity index (χ2v) is 4.48. The van der Waals surface area contributed by atoms with E-state index in [1.807, 2.05) is 72.3 Å². The lowest BCUT2D eigenvalue weighted by atomic mass is 10.0. The van der Waals surface area contributed by atoms with E-state index < -0.39 is 0 Å². The van der Waals surface area contributed by atoms with E-state index in [1.165, 1.54) is 0 Å². The number of benzene rings is 2. The van der Waals surface area contributed by atoms with Crippen molar-refractivity contribution < 1.29 is 4.73 Å². The van der Waals surface area contributed by atoms with E-state index in [2.05, 4.69) is 0 Å². The molecule has 0 saturated carbocycles. The van der Waals surface area contributed by atoms with Crippen molar-refractivity contribution >= 4 is 0 Å². The molecule has 1 heterocycles. The Morgan fingerprint density at radius 3 is 1.95 bits per heavy atom. The zero-order chi connectivity index (χ0) is 13.2. The molecule has 19 heavy (non-hydrogen) atoms. The van der Waals surface area contributed by atoms with Gasteiger partial charge in [-0.05, 0) is 0 Å². The lowest BCUT2D eigenvalue weighted by Crippen LogP contribution is -2.25. The molecule has 3 nitrogen and oxygen atoms in total. The highest BCUT2D eigenvalue weighted by Crippen LogP contribution is 2.28. The van der Waals surface area contributed by atoms with Crippen LogP contribution in [0.25, 0.3) is 22.5 Å². The molecule has 0 atom stereocenters. The number of hydrogen-bond acceptors (Lipinski definition) is 1. The second-order valence-electron chi connectivity index (χ2n) is 4.48. The number of nitrogens with zero attached hydrogens (tertiary/aromatic N) is 2. The van der Waals surface area contributed by atoms with Gasteiger partial charge in [-0.15, -0.1) is 0 Å². The van der Waals surface area contributed by atoms with E-state index in [9.17, 15) is 5.21 Å². The number of aryl methyl sites for hydroxylation is 1. The average Bonchev–Trinajstić information content (AvgIpc) is 2.75. The molecule has 0 N–H and O–H groups in total. The summed E-state index contributed by atoms with van der Waals surface area (Å²) < 4.78 is 2.79. The summed E-state index contributed by atoms with van der Waals surface area (Å²) >= 11 is 0. The monoisotopic (exact) mass is 250 g/mol. The fourth-order valence-electron chi connectivity index (χ4n) is 2.34. The van der Waals surface area contributed by atoms with Crippen molar-refractivity contribution in [1.82, 2.24) is 4.57 Å². The van der Waals surface area contributed by atoms with Gasteiger partial charge in [0.1, 0.15) is 0 Å². The number of aromatic nitrogens is 2. The fraction of sp³-hybridized carbons (Fsp3) is 0.0625. The van der Waals surface area contributed by atoms with Crippen molar-refractivity contribution in [2.45, 2.75) is 0 Å². The highest BCUT2D eigenvalue weighted by molar-refractivity contribution is 5.76. The van der Waals surface area contributed by atoms with E-state index >= 15 is 0 Å². The lowest BCUT2D eigenvalue weighted by Gasteiger charge is -2.05. The molecule has 0 amide bonds. The van der Waals surface area contributed by atoms with Crippen molar-refractivity contribution in [3.63, 3.8) is 0 Å². The third kappa shape index (κ3) is 1.99. The van der Waals surface area contributed by atoms with Crippen LogP contribution in [-0.4, -0.2) is 4.57 Å². The Kier molecular flexibility index (Phi) is 2.80. The van der Waals surface area contributed by atoms with Crippen molar-refractivity contribution in [2.75, 3.05) is 0 Å². The van der Waals surface area contributed by atoms with Gasteiger partial charge in [-0.3, -0.25) is 0 Å². The van der Waals surface area contributed by atoms with Crippen LogP contribution in [0.2, 0.25) is 0 Å². The zero-order valence-electron chi connectivity index (χ0n) is 10.7. The molecule has 94 valence electrons. The van der Waals surface area contributed by atoms with Crippen LogP contribution in [-0.2, 0) is 7.05 Å². The van der Waals surface area contributed by atoms with Crippen LogP contribution in [0.3, 0.4) is 0 Å². The molecule has 0 aliphatic heterocycles. The van der Waals surface area contributed by atoms with Gasteiger partial charge >= 0.3 is 0 Å². The molecule has 3 rings (SSSR count). The summed E-state index contributed by atoms with van der Waals surface area (Å²) in [6.07, 6.45) is 1.56. The van der Waals surface area contributed by atoms with Gasteiger partial charge < -0.3 is 5.21 Å². The molecule has 0 bridgehead atoms. The molecule has 0 unspecified atom stereocenters. The summed E-state index contributed by atoms with van der Waals surface area (Å²) in [5, 5.41) is 12.1. The van der Waals surface area contributed by atoms with Crippen molar-refractivity contribution in [3.05, 3.63) is 72.2 Å². The van der Waals surface area contributed by atoms with Gasteiger partial charge in [-0.1, -0.05) is 60.7 Å². The van der Waals surface area contributed by atoms with Crippen LogP contribution in [0.1, 0.15) is 0 Å². The molecule has 0 aliphatic carbocycles. The largest absolute Gasteiger partial charge is 0.710 e. The number of imidazole rings is 1. The molecule has 0 saturated heterocycles. The predicted octanol–water partition coefficient (Wildman–Crippen LogP) is 2.99. The van der Waals surface area contributed by atoms with Crippen LogP contribution in [0.4, 0.5) is 0 Å². The van der Waals surface area contributed by atoms with Gasteiger partial charge in [0.05, 0.1) is 7.05 Å². The third-order valence-electron chi connectivity index (χ3n) is 3.17. The fourth-order valence-corrected chi connectivity index (χ4v) is 2.34. The minimum atomic E-state index is 0.689. The first-order valence-electron chi connectivity index (χ1n) is 6.16. The van der Waals surface area contributed by atoms with Gasteiger partial charge in [-0.25, -0.2) is 9.30 Å². The second kappa shape index (κ2) is 4.61. The Morgan fingerprint density at radius 1 is 0.842 bits per heavy atom. The van der Waals surface area contributed by atoms with Gasteiger partial charge in [0.2, 0.25) is 6.33 Å². The normalized spacial score (nSPS) is 10.6. The van der Waals surface area contributed by atoms with Gasteiger partial charge in [0, 0.05) is 11.1 Å². The van der Waals surface area contributed by atoms with E-state index in [0.717, 1.165) is 21.6 Å². The maximum Gasteiger partial charge on any atom is 0.247 e. The maximum absolute atomic E-state index is 12.1. The molecule has 1 aromatic heterocycles. The zero-order valence-corrected chi connectivity index (χ0v) is 10.7. The Labute approximate surface area is 112 Å². The minimum absolute atomic E-state index is 0.689. The first-order valence-corrected chi connectivity index (χ1v) is 6.16. The molecular formula is C16H14N2O. The van der Waals surface area contributed by atoms with E-state index in [0.29, 0.717) is 5.69 Å². The summed E-state index contributed by atoms with van der Waals surface area (Å²) in [5.74, 6) is 0. The van der Waals surface area contributed by atoms with Gasteiger partial charge in [-0.2, -0.15) is 0 Å². The molecule has 0 spiro atoms. The highest BCUT2D eigenvalue weighted by atomic mass is 16.5. The Bertz CT molecular complexity index is 628. The maximum atomic E-state index is 12.1.